The molecule has 0 aromatic carbocycles. The number of hydrogen-bond donors (Lipinski definition) is 0. The van der Waals surface area contributed by atoms with Crippen molar-refractivity contribution >= 4 is 5.82 Å². The Morgan fingerprint density at radius 3 is 2.57 bits per heavy atom. The molecule has 0 atom stereocenters. The number of piperazine rings is 1. The third-order valence-corrected chi connectivity index (χ3v) is 3.87. The highest BCUT2D eigenvalue weighted by molar-refractivity contribution is 5.49. The van der Waals surface area contributed by atoms with Crippen molar-refractivity contribution in [3.05, 3.63) is 42.0 Å². The Morgan fingerprint density at radius 1 is 1.13 bits per heavy atom. The average Bonchev–Trinajstić information content (AvgIpc) is 2.63. The van der Waals surface area contributed by atoms with Crippen LogP contribution in [0.1, 0.15) is 11.3 Å². The number of ether oxygens (including phenoxy) is 1. The van der Waals surface area contributed by atoms with Gasteiger partial charge in [-0.2, -0.15) is 5.26 Å². The minimum Gasteiger partial charge on any atom is -0.481 e. The van der Waals surface area contributed by atoms with E-state index < -0.39 is 0 Å². The summed E-state index contributed by atoms with van der Waals surface area (Å²) in [6.07, 6.45) is 5.03. The van der Waals surface area contributed by atoms with Crippen molar-refractivity contribution in [2.75, 3.05) is 38.2 Å². The zero-order valence-electron chi connectivity index (χ0n) is 13.0. The van der Waals surface area contributed by atoms with Crippen LogP contribution >= 0.6 is 0 Å². The van der Waals surface area contributed by atoms with Crippen molar-refractivity contribution in [1.82, 2.24) is 19.9 Å². The van der Waals surface area contributed by atoms with Crippen LogP contribution < -0.4 is 9.64 Å². The van der Waals surface area contributed by atoms with E-state index in [1.165, 1.54) is 0 Å². The molecule has 1 aliphatic rings. The summed E-state index contributed by atoms with van der Waals surface area (Å²) in [6.45, 7) is 4.34. The molecule has 0 N–H and O–H groups in total. The van der Waals surface area contributed by atoms with Crippen LogP contribution in [0.5, 0.6) is 5.88 Å². The summed E-state index contributed by atoms with van der Waals surface area (Å²) >= 11 is 0. The minimum absolute atomic E-state index is 0.389. The molecular weight excluding hydrogens is 292 g/mol. The Balaban J connectivity index is 1.59. The smallest absolute Gasteiger partial charge is 0.212 e. The highest BCUT2D eigenvalue weighted by atomic mass is 16.5. The summed E-state index contributed by atoms with van der Waals surface area (Å²) in [7, 11) is 1.61. The van der Waals surface area contributed by atoms with Gasteiger partial charge in [0, 0.05) is 57.4 Å². The molecule has 0 spiro atoms. The maximum absolute atomic E-state index is 9.13. The maximum Gasteiger partial charge on any atom is 0.212 e. The van der Waals surface area contributed by atoms with Gasteiger partial charge in [0.05, 0.1) is 7.11 Å². The second kappa shape index (κ2) is 7.03. The van der Waals surface area contributed by atoms with Crippen LogP contribution in [0.15, 0.2) is 30.7 Å². The number of hydrogen-bond acceptors (Lipinski definition) is 7. The molecular formula is C16H18N6O. The van der Waals surface area contributed by atoms with Gasteiger partial charge in [-0.15, -0.1) is 0 Å². The van der Waals surface area contributed by atoms with Crippen molar-refractivity contribution in [2.45, 2.75) is 6.54 Å². The summed E-state index contributed by atoms with van der Waals surface area (Å²) < 4.78 is 5.07. The van der Waals surface area contributed by atoms with Crippen molar-refractivity contribution in [3.8, 4) is 11.9 Å². The molecule has 1 fully saturated rings. The van der Waals surface area contributed by atoms with Gasteiger partial charge >= 0.3 is 0 Å². The number of anilines is 1. The fourth-order valence-electron chi connectivity index (χ4n) is 2.64. The molecule has 1 aliphatic heterocycles. The van der Waals surface area contributed by atoms with E-state index in [-0.39, 0.29) is 0 Å². The SMILES string of the molecule is COc1ccc(CN2CCN(c3nccnc3C#N)CC2)cn1. The highest BCUT2D eigenvalue weighted by Gasteiger charge is 2.20. The van der Waals surface area contributed by atoms with Crippen LogP contribution in [-0.4, -0.2) is 53.1 Å². The van der Waals surface area contributed by atoms with Gasteiger partial charge in [-0.3, -0.25) is 4.90 Å². The fourth-order valence-corrected chi connectivity index (χ4v) is 2.64. The molecule has 23 heavy (non-hydrogen) atoms. The average molecular weight is 310 g/mol. The van der Waals surface area contributed by atoms with E-state index in [2.05, 4.69) is 30.8 Å². The predicted octanol–water partition coefficient (Wildman–Crippen LogP) is 1.07. The standard InChI is InChI=1S/C16H18N6O/c1-23-15-3-2-13(11-20-15)12-21-6-8-22(9-7-21)16-14(10-17)18-4-5-19-16/h2-5,11H,6-9,12H2,1H3. The van der Waals surface area contributed by atoms with Crippen LogP contribution in [0.4, 0.5) is 5.82 Å². The summed E-state index contributed by atoms with van der Waals surface area (Å²) in [5.74, 6) is 1.31. The first kappa shape index (κ1) is 15.2. The highest BCUT2D eigenvalue weighted by Crippen LogP contribution is 2.17. The van der Waals surface area contributed by atoms with Gasteiger partial charge in [-0.25, -0.2) is 15.0 Å². The Bertz CT molecular complexity index is 688. The second-order valence-corrected chi connectivity index (χ2v) is 5.31. The third-order valence-electron chi connectivity index (χ3n) is 3.87. The summed E-state index contributed by atoms with van der Waals surface area (Å²) in [5, 5.41) is 9.13. The van der Waals surface area contributed by atoms with Crippen LogP contribution in [0.25, 0.3) is 0 Å². The molecule has 0 bridgehead atoms. The number of pyridine rings is 1. The fraction of sp³-hybridized carbons (Fsp3) is 0.375. The number of nitriles is 1. The van der Waals surface area contributed by atoms with Crippen molar-refractivity contribution in [1.29, 1.82) is 5.26 Å². The first-order valence-electron chi connectivity index (χ1n) is 7.47. The van der Waals surface area contributed by atoms with Gasteiger partial charge in [0.15, 0.2) is 11.5 Å². The van der Waals surface area contributed by atoms with Crippen LogP contribution in [0.3, 0.4) is 0 Å². The van der Waals surface area contributed by atoms with E-state index in [4.69, 9.17) is 10.00 Å². The molecule has 1 saturated heterocycles. The molecule has 118 valence electrons. The number of rotatable bonds is 4. The Morgan fingerprint density at radius 2 is 1.91 bits per heavy atom. The first-order valence-corrected chi connectivity index (χ1v) is 7.47. The molecule has 0 radical (unpaired) electrons. The van der Waals surface area contributed by atoms with Crippen molar-refractivity contribution in [2.24, 2.45) is 0 Å². The number of nitrogens with zero attached hydrogens (tertiary/aromatic N) is 6. The molecule has 3 rings (SSSR count). The Kier molecular flexibility index (Phi) is 4.64. The van der Waals surface area contributed by atoms with Crippen molar-refractivity contribution in [3.63, 3.8) is 0 Å². The van der Waals surface area contributed by atoms with E-state index in [1.807, 2.05) is 18.3 Å². The largest absolute Gasteiger partial charge is 0.481 e. The number of methoxy groups -OCH3 is 1. The van der Waals surface area contributed by atoms with E-state index in [1.54, 1.807) is 19.5 Å². The maximum atomic E-state index is 9.13. The van der Waals surface area contributed by atoms with Gasteiger partial charge in [0.2, 0.25) is 5.88 Å². The lowest BCUT2D eigenvalue weighted by Crippen LogP contribution is -2.46. The monoisotopic (exact) mass is 310 g/mol. The Labute approximate surface area is 135 Å². The van der Waals surface area contributed by atoms with Gasteiger partial charge in [-0.05, 0) is 5.56 Å². The first-order chi connectivity index (χ1) is 11.3. The molecule has 7 nitrogen and oxygen atoms in total. The molecule has 0 amide bonds. The Hall–Kier alpha value is -2.72. The lowest BCUT2D eigenvalue weighted by molar-refractivity contribution is 0.249. The predicted molar refractivity (Wildman–Crippen MR) is 85.0 cm³/mol. The van der Waals surface area contributed by atoms with E-state index >= 15 is 0 Å². The topological polar surface area (TPSA) is 78.2 Å². The third kappa shape index (κ3) is 3.55. The molecule has 0 saturated carbocycles. The molecule has 0 unspecified atom stereocenters. The number of aromatic nitrogens is 3. The molecule has 0 aliphatic carbocycles. The van der Waals surface area contributed by atoms with Crippen molar-refractivity contribution < 1.29 is 4.74 Å². The molecule has 2 aromatic heterocycles. The molecule has 7 heteroatoms. The van der Waals surface area contributed by atoms with E-state index in [0.29, 0.717) is 17.4 Å². The zero-order valence-corrected chi connectivity index (χ0v) is 13.0. The summed E-state index contributed by atoms with van der Waals surface area (Å²) in [4.78, 5) is 17.1. The van der Waals surface area contributed by atoms with Crippen LogP contribution in [-0.2, 0) is 6.54 Å². The molecule has 2 aromatic rings. The van der Waals surface area contributed by atoms with Gasteiger partial charge < -0.3 is 9.64 Å². The second-order valence-electron chi connectivity index (χ2n) is 5.31. The lowest BCUT2D eigenvalue weighted by atomic mass is 10.2. The quantitative estimate of drug-likeness (QED) is 0.836. The van der Waals surface area contributed by atoms with E-state index in [0.717, 1.165) is 38.3 Å². The minimum atomic E-state index is 0.389. The summed E-state index contributed by atoms with van der Waals surface area (Å²) in [6, 6.07) is 6.02. The van der Waals surface area contributed by atoms with Crippen LogP contribution in [0.2, 0.25) is 0 Å². The normalized spacial score (nSPS) is 15.2. The van der Waals surface area contributed by atoms with Gasteiger partial charge in [0.1, 0.15) is 6.07 Å². The lowest BCUT2D eigenvalue weighted by Gasteiger charge is -2.35. The van der Waals surface area contributed by atoms with Crippen LogP contribution in [0, 0.1) is 11.3 Å². The summed E-state index contributed by atoms with van der Waals surface area (Å²) in [5.41, 5.74) is 1.55. The molecule has 3 heterocycles. The van der Waals surface area contributed by atoms with Gasteiger partial charge in [-0.1, -0.05) is 6.07 Å². The van der Waals surface area contributed by atoms with Gasteiger partial charge in [0.25, 0.3) is 0 Å². The van der Waals surface area contributed by atoms with E-state index in [9.17, 15) is 0 Å². The zero-order chi connectivity index (χ0) is 16.1.